The van der Waals surface area contributed by atoms with Gasteiger partial charge in [-0.25, -0.2) is 4.98 Å². The lowest BCUT2D eigenvalue weighted by Gasteiger charge is -1.79. The molecule has 0 aliphatic rings. The predicted molar refractivity (Wildman–Crippen MR) is 51.2 cm³/mol. The highest BCUT2D eigenvalue weighted by atomic mass is 35.5. The van der Waals surface area contributed by atoms with Crippen LogP contribution in [-0.4, -0.2) is 9.97 Å². The SMILES string of the molecule is Cc1nc(C)c(C)[nH]1.Cl.P. The summed E-state index contributed by atoms with van der Waals surface area (Å²) in [7, 11) is 0. The van der Waals surface area contributed by atoms with Crippen molar-refractivity contribution in [2.45, 2.75) is 20.8 Å². The predicted octanol–water partition coefficient (Wildman–Crippen LogP) is 1.81. The quantitative estimate of drug-likeness (QED) is 0.607. The van der Waals surface area contributed by atoms with Crippen molar-refractivity contribution < 1.29 is 0 Å². The van der Waals surface area contributed by atoms with E-state index >= 15 is 0 Å². The number of nitrogens with one attached hydrogen (secondary N) is 1. The van der Waals surface area contributed by atoms with Gasteiger partial charge in [0.2, 0.25) is 0 Å². The minimum atomic E-state index is 0. The van der Waals surface area contributed by atoms with E-state index in [-0.39, 0.29) is 22.3 Å². The lowest BCUT2D eigenvalue weighted by Crippen LogP contribution is -1.71. The molecular weight excluding hydrogens is 167 g/mol. The van der Waals surface area contributed by atoms with Crippen LogP contribution in [0.1, 0.15) is 17.2 Å². The number of imidazole rings is 1. The van der Waals surface area contributed by atoms with E-state index in [1.165, 1.54) is 5.69 Å². The van der Waals surface area contributed by atoms with Crippen molar-refractivity contribution >= 4 is 22.3 Å². The molecule has 0 bridgehead atoms. The lowest BCUT2D eigenvalue weighted by atomic mass is 10.4. The first-order valence-corrected chi connectivity index (χ1v) is 2.70. The van der Waals surface area contributed by atoms with Crippen LogP contribution in [0.5, 0.6) is 0 Å². The van der Waals surface area contributed by atoms with Gasteiger partial charge >= 0.3 is 0 Å². The number of hydrogen-bond donors (Lipinski definition) is 1. The van der Waals surface area contributed by atoms with Crippen molar-refractivity contribution in [1.82, 2.24) is 9.97 Å². The molecule has 0 amide bonds. The Kier molecular flexibility index (Phi) is 5.92. The number of rotatable bonds is 0. The maximum atomic E-state index is 4.16. The van der Waals surface area contributed by atoms with E-state index in [0.717, 1.165) is 11.5 Å². The molecule has 0 aromatic carbocycles. The second-order valence-corrected chi connectivity index (χ2v) is 2.03. The molecule has 1 unspecified atom stereocenters. The summed E-state index contributed by atoms with van der Waals surface area (Å²) < 4.78 is 0. The standard InChI is InChI=1S/C6H10N2.ClH.H3P/c1-4-5(2)8-6(3)7-4;;/h1-3H3,(H,7,8);1H;1H3. The molecule has 0 aliphatic carbocycles. The van der Waals surface area contributed by atoms with Gasteiger partial charge in [-0.2, -0.15) is 9.90 Å². The minimum absolute atomic E-state index is 0. The summed E-state index contributed by atoms with van der Waals surface area (Å²) >= 11 is 0. The van der Waals surface area contributed by atoms with Crippen LogP contribution < -0.4 is 0 Å². The molecule has 0 fully saturated rings. The van der Waals surface area contributed by atoms with E-state index in [1.807, 2.05) is 20.8 Å². The van der Waals surface area contributed by atoms with Gasteiger partial charge < -0.3 is 4.98 Å². The Balaban J connectivity index is 0. The zero-order valence-electron chi connectivity index (χ0n) is 6.56. The summed E-state index contributed by atoms with van der Waals surface area (Å²) in [5.74, 6) is 1.00. The van der Waals surface area contributed by atoms with Crippen LogP contribution in [0.3, 0.4) is 0 Å². The molecule has 1 aromatic rings. The summed E-state index contributed by atoms with van der Waals surface area (Å²) in [5.41, 5.74) is 2.27. The van der Waals surface area contributed by atoms with Gasteiger partial charge in [0.1, 0.15) is 5.82 Å². The summed E-state index contributed by atoms with van der Waals surface area (Å²) in [6.45, 7) is 5.98. The van der Waals surface area contributed by atoms with Crippen molar-refractivity contribution in [3.8, 4) is 0 Å². The third kappa shape index (κ3) is 2.68. The van der Waals surface area contributed by atoms with Crippen LogP contribution in [0.25, 0.3) is 0 Å². The molecule has 60 valence electrons. The Morgan fingerprint density at radius 2 is 1.70 bits per heavy atom. The molecule has 1 aromatic heterocycles. The first-order chi connectivity index (χ1) is 3.70. The van der Waals surface area contributed by atoms with Gasteiger partial charge in [0.15, 0.2) is 0 Å². The summed E-state index contributed by atoms with van der Waals surface area (Å²) in [6.07, 6.45) is 0. The van der Waals surface area contributed by atoms with Crippen LogP contribution in [0, 0.1) is 20.8 Å². The van der Waals surface area contributed by atoms with Gasteiger partial charge in [-0.1, -0.05) is 0 Å². The maximum absolute atomic E-state index is 4.16. The molecule has 4 heteroatoms. The van der Waals surface area contributed by atoms with Gasteiger partial charge in [-0.15, -0.1) is 12.4 Å². The number of hydrogen-bond acceptors (Lipinski definition) is 1. The molecule has 10 heavy (non-hydrogen) atoms. The third-order valence-electron chi connectivity index (χ3n) is 1.25. The fourth-order valence-electron chi connectivity index (χ4n) is 0.725. The maximum Gasteiger partial charge on any atom is 0.103 e. The molecule has 2 nitrogen and oxygen atoms in total. The molecule has 0 radical (unpaired) electrons. The fraction of sp³-hybridized carbons (Fsp3) is 0.500. The Morgan fingerprint density at radius 3 is 1.80 bits per heavy atom. The zero-order chi connectivity index (χ0) is 6.15. The number of aromatic nitrogens is 2. The van der Waals surface area contributed by atoms with E-state index in [9.17, 15) is 0 Å². The number of halogens is 1. The zero-order valence-corrected chi connectivity index (χ0v) is 8.79. The molecule has 1 atom stereocenters. The average molecular weight is 181 g/mol. The second-order valence-electron chi connectivity index (χ2n) is 2.03. The third-order valence-corrected chi connectivity index (χ3v) is 1.25. The normalized spacial score (nSPS) is 7.90. The highest BCUT2D eigenvalue weighted by Crippen LogP contribution is 1.99. The second kappa shape index (κ2) is 4.70. The highest BCUT2D eigenvalue weighted by Gasteiger charge is 1.93. The molecule has 1 heterocycles. The highest BCUT2D eigenvalue weighted by molar-refractivity contribution is 6.92. The Bertz CT molecular complexity index is 178. The minimum Gasteiger partial charge on any atom is -0.346 e. The lowest BCUT2D eigenvalue weighted by molar-refractivity contribution is 1.12. The van der Waals surface area contributed by atoms with Crippen LogP contribution in [0.4, 0.5) is 0 Å². The number of H-pyrrole nitrogens is 1. The average Bonchev–Trinajstić information content (AvgIpc) is 1.85. The number of aromatic amines is 1. The summed E-state index contributed by atoms with van der Waals surface area (Å²) in [6, 6.07) is 0. The molecule has 0 saturated carbocycles. The molecule has 0 spiro atoms. The topological polar surface area (TPSA) is 28.7 Å². The van der Waals surface area contributed by atoms with Gasteiger partial charge in [-0.05, 0) is 20.8 Å². The Hall–Kier alpha value is -0.0700. The van der Waals surface area contributed by atoms with E-state index in [4.69, 9.17) is 0 Å². The first-order valence-electron chi connectivity index (χ1n) is 2.70. The number of aryl methyl sites for hydroxylation is 3. The van der Waals surface area contributed by atoms with E-state index in [0.29, 0.717) is 0 Å². The summed E-state index contributed by atoms with van der Waals surface area (Å²) in [5, 5.41) is 0. The summed E-state index contributed by atoms with van der Waals surface area (Å²) in [4.78, 5) is 7.25. The fourth-order valence-corrected chi connectivity index (χ4v) is 0.725. The van der Waals surface area contributed by atoms with Crippen molar-refractivity contribution in [2.24, 2.45) is 0 Å². The molecule has 1 rings (SSSR count). The monoisotopic (exact) mass is 180 g/mol. The molecule has 0 aliphatic heterocycles. The van der Waals surface area contributed by atoms with Gasteiger partial charge in [0.05, 0.1) is 5.69 Å². The van der Waals surface area contributed by atoms with Crippen LogP contribution >= 0.6 is 22.3 Å². The Morgan fingerprint density at radius 1 is 1.20 bits per heavy atom. The van der Waals surface area contributed by atoms with E-state index in [2.05, 4.69) is 9.97 Å². The van der Waals surface area contributed by atoms with Crippen LogP contribution in [0.15, 0.2) is 0 Å². The van der Waals surface area contributed by atoms with Crippen molar-refractivity contribution in [2.75, 3.05) is 0 Å². The first kappa shape index (κ1) is 12.6. The molecule has 0 saturated heterocycles. The van der Waals surface area contributed by atoms with E-state index < -0.39 is 0 Å². The van der Waals surface area contributed by atoms with E-state index in [1.54, 1.807) is 0 Å². The molecular formula is C6H14ClN2P. The van der Waals surface area contributed by atoms with Crippen molar-refractivity contribution in [1.29, 1.82) is 0 Å². The smallest absolute Gasteiger partial charge is 0.103 e. The van der Waals surface area contributed by atoms with Crippen molar-refractivity contribution in [3.63, 3.8) is 0 Å². The largest absolute Gasteiger partial charge is 0.346 e. The number of nitrogens with zero attached hydrogens (tertiary/aromatic N) is 1. The van der Waals surface area contributed by atoms with Gasteiger partial charge in [-0.3, -0.25) is 0 Å². The van der Waals surface area contributed by atoms with Crippen LogP contribution in [-0.2, 0) is 0 Å². The van der Waals surface area contributed by atoms with Crippen LogP contribution in [0.2, 0.25) is 0 Å². The van der Waals surface area contributed by atoms with Crippen molar-refractivity contribution in [3.05, 3.63) is 17.2 Å². The van der Waals surface area contributed by atoms with Gasteiger partial charge in [0.25, 0.3) is 0 Å². The van der Waals surface area contributed by atoms with Gasteiger partial charge in [0, 0.05) is 5.69 Å². The Labute approximate surface area is 70.9 Å². The molecule has 1 N–H and O–H groups in total.